The first-order valence-corrected chi connectivity index (χ1v) is 7.96. The van der Waals surface area contributed by atoms with Gasteiger partial charge in [0, 0.05) is 11.3 Å². The van der Waals surface area contributed by atoms with E-state index < -0.39 is 0 Å². The van der Waals surface area contributed by atoms with Gasteiger partial charge in [-0.25, -0.2) is 4.79 Å². The molecule has 6 heteroatoms. The van der Waals surface area contributed by atoms with Gasteiger partial charge in [-0.1, -0.05) is 30.3 Å². The fraction of sp³-hybridized carbons (Fsp3) is 0.222. The third kappa shape index (κ3) is 3.55. The van der Waals surface area contributed by atoms with Gasteiger partial charge in [0.05, 0.1) is 11.0 Å². The summed E-state index contributed by atoms with van der Waals surface area (Å²) in [4.78, 5) is 29.0. The summed E-state index contributed by atoms with van der Waals surface area (Å²) in [5.41, 5.74) is 2.98. The monoisotopic (exact) mass is 325 g/mol. The summed E-state index contributed by atoms with van der Waals surface area (Å²) in [6.45, 7) is 3.96. The Morgan fingerprint density at radius 3 is 2.50 bits per heavy atom. The quantitative estimate of drug-likeness (QED) is 0.572. The number of nitrogens with one attached hydrogen (secondary N) is 3. The summed E-state index contributed by atoms with van der Waals surface area (Å²) in [7, 11) is 0. The molecule has 3 rings (SSSR count). The summed E-state index contributed by atoms with van der Waals surface area (Å²) in [5, 5.41) is 4.92. The highest BCUT2D eigenvalue weighted by atomic mass is 16.2. The Morgan fingerprint density at radius 1 is 1.04 bits per heavy atom. The fourth-order valence-electron chi connectivity index (χ4n) is 2.75. The number of anilines is 1. The first-order valence-electron chi connectivity index (χ1n) is 7.96. The van der Waals surface area contributed by atoms with Gasteiger partial charge in [-0.3, -0.25) is 4.79 Å². The molecule has 2 aromatic carbocycles. The SMILES string of the molecule is C[C@@H]([NH2+][C@H](C)c1ccccc1)C(=O)Nc1ccc2[nH]c(=O)[nH]c2c1. The molecular weight excluding hydrogens is 304 g/mol. The molecule has 0 bridgehead atoms. The van der Waals surface area contributed by atoms with Crippen LogP contribution in [0, 0.1) is 0 Å². The zero-order valence-corrected chi connectivity index (χ0v) is 13.7. The molecule has 0 saturated carbocycles. The van der Waals surface area contributed by atoms with Crippen LogP contribution in [0.3, 0.4) is 0 Å². The highest BCUT2D eigenvalue weighted by molar-refractivity contribution is 5.95. The molecule has 3 aromatic rings. The Balaban J connectivity index is 1.65. The van der Waals surface area contributed by atoms with E-state index in [1.807, 2.05) is 30.4 Å². The molecule has 0 saturated heterocycles. The Labute approximate surface area is 139 Å². The smallest absolute Gasteiger partial charge is 0.323 e. The molecule has 24 heavy (non-hydrogen) atoms. The average molecular weight is 325 g/mol. The number of amides is 1. The molecule has 5 N–H and O–H groups in total. The highest BCUT2D eigenvalue weighted by Crippen LogP contribution is 2.14. The molecule has 2 atom stereocenters. The molecule has 6 nitrogen and oxygen atoms in total. The van der Waals surface area contributed by atoms with Gasteiger partial charge in [0.2, 0.25) is 0 Å². The van der Waals surface area contributed by atoms with Gasteiger partial charge in [-0.05, 0) is 32.0 Å². The van der Waals surface area contributed by atoms with Gasteiger partial charge < -0.3 is 20.6 Å². The molecule has 0 aliphatic heterocycles. The van der Waals surface area contributed by atoms with Crippen molar-refractivity contribution in [3.8, 4) is 0 Å². The number of H-pyrrole nitrogens is 2. The molecule has 1 heterocycles. The van der Waals surface area contributed by atoms with Crippen molar-refractivity contribution in [2.45, 2.75) is 25.9 Å². The topological polar surface area (TPSA) is 94.4 Å². The van der Waals surface area contributed by atoms with Gasteiger partial charge >= 0.3 is 5.69 Å². The van der Waals surface area contributed by atoms with E-state index in [1.165, 1.54) is 5.56 Å². The molecule has 0 spiro atoms. The number of fused-ring (bicyclic) bond motifs is 1. The molecule has 0 unspecified atom stereocenters. The van der Waals surface area contributed by atoms with Gasteiger partial charge in [0.15, 0.2) is 6.04 Å². The summed E-state index contributed by atoms with van der Waals surface area (Å²) < 4.78 is 0. The van der Waals surface area contributed by atoms with Crippen LogP contribution in [-0.2, 0) is 4.79 Å². The number of benzene rings is 2. The van der Waals surface area contributed by atoms with Crippen LogP contribution < -0.4 is 16.3 Å². The maximum absolute atomic E-state index is 12.4. The highest BCUT2D eigenvalue weighted by Gasteiger charge is 2.20. The number of imidazole rings is 1. The standard InChI is InChI=1S/C18H20N4O2/c1-11(13-6-4-3-5-7-13)19-12(2)17(23)20-14-8-9-15-16(10-14)22-18(24)21-15/h3-12,19H,1-2H3,(H,20,23)(H2,21,22,24)/p+1/t11-,12-/m1/s1. The fourth-order valence-corrected chi connectivity index (χ4v) is 2.75. The van der Waals surface area contributed by atoms with Crippen molar-refractivity contribution >= 4 is 22.6 Å². The number of aromatic amines is 2. The van der Waals surface area contributed by atoms with Gasteiger partial charge in [-0.15, -0.1) is 0 Å². The van der Waals surface area contributed by atoms with Crippen LogP contribution in [0.25, 0.3) is 11.0 Å². The third-order valence-corrected chi connectivity index (χ3v) is 4.10. The van der Waals surface area contributed by atoms with E-state index in [9.17, 15) is 9.59 Å². The van der Waals surface area contributed by atoms with Crippen molar-refractivity contribution in [2.24, 2.45) is 0 Å². The van der Waals surface area contributed by atoms with Crippen molar-refractivity contribution < 1.29 is 10.1 Å². The lowest BCUT2D eigenvalue weighted by molar-refractivity contribution is -0.709. The maximum Gasteiger partial charge on any atom is 0.323 e. The number of rotatable bonds is 5. The largest absolute Gasteiger partial charge is 0.330 e. The Kier molecular flexibility index (Phi) is 4.48. The molecule has 0 fully saturated rings. The molecule has 0 aliphatic rings. The lowest BCUT2D eigenvalue weighted by Gasteiger charge is -2.17. The summed E-state index contributed by atoms with van der Waals surface area (Å²) in [6.07, 6.45) is 0. The number of quaternary nitrogens is 1. The van der Waals surface area contributed by atoms with Crippen molar-refractivity contribution in [3.05, 3.63) is 64.6 Å². The van der Waals surface area contributed by atoms with Crippen LogP contribution in [0.5, 0.6) is 0 Å². The second-order valence-corrected chi connectivity index (χ2v) is 6.01. The van der Waals surface area contributed by atoms with Crippen molar-refractivity contribution in [1.29, 1.82) is 0 Å². The minimum absolute atomic E-state index is 0.0741. The van der Waals surface area contributed by atoms with Gasteiger partial charge in [0.1, 0.15) is 6.04 Å². The molecule has 0 aliphatic carbocycles. The second-order valence-electron chi connectivity index (χ2n) is 6.01. The zero-order chi connectivity index (χ0) is 17.1. The van der Waals surface area contributed by atoms with E-state index >= 15 is 0 Å². The molecule has 1 amide bonds. The molecule has 0 radical (unpaired) electrons. The normalized spacial score (nSPS) is 13.6. The minimum Gasteiger partial charge on any atom is -0.330 e. The molecule has 1 aromatic heterocycles. The van der Waals surface area contributed by atoms with Crippen LogP contribution in [0.15, 0.2) is 53.3 Å². The minimum atomic E-state index is -0.258. The lowest BCUT2D eigenvalue weighted by Crippen LogP contribution is -2.91. The summed E-state index contributed by atoms with van der Waals surface area (Å²) in [6, 6.07) is 15.3. The Bertz CT molecular complexity index is 898. The van der Waals surface area contributed by atoms with E-state index in [0.29, 0.717) is 11.2 Å². The van der Waals surface area contributed by atoms with E-state index in [4.69, 9.17) is 0 Å². The Hall–Kier alpha value is -2.86. The summed E-state index contributed by atoms with van der Waals surface area (Å²) >= 11 is 0. The lowest BCUT2D eigenvalue weighted by atomic mass is 10.1. The van der Waals surface area contributed by atoms with Crippen molar-refractivity contribution in [2.75, 3.05) is 5.32 Å². The number of aromatic nitrogens is 2. The zero-order valence-electron chi connectivity index (χ0n) is 13.7. The van der Waals surface area contributed by atoms with Crippen LogP contribution in [0.1, 0.15) is 25.5 Å². The van der Waals surface area contributed by atoms with Crippen LogP contribution in [0.4, 0.5) is 5.69 Å². The molecule has 124 valence electrons. The number of nitrogens with two attached hydrogens (primary N) is 1. The van der Waals surface area contributed by atoms with E-state index in [1.54, 1.807) is 18.2 Å². The van der Waals surface area contributed by atoms with E-state index in [2.05, 4.69) is 34.3 Å². The predicted octanol–water partition coefficient (Wildman–Crippen LogP) is 1.51. The number of hydrogen-bond acceptors (Lipinski definition) is 2. The van der Waals surface area contributed by atoms with Gasteiger partial charge in [-0.2, -0.15) is 0 Å². The van der Waals surface area contributed by atoms with E-state index in [-0.39, 0.29) is 23.7 Å². The van der Waals surface area contributed by atoms with Crippen LogP contribution in [0.2, 0.25) is 0 Å². The summed E-state index contributed by atoms with van der Waals surface area (Å²) in [5.74, 6) is -0.0741. The first-order chi connectivity index (χ1) is 11.5. The van der Waals surface area contributed by atoms with E-state index in [0.717, 1.165) is 5.52 Å². The Morgan fingerprint density at radius 2 is 1.75 bits per heavy atom. The van der Waals surface area contributed by atoms with Crippen LogP contribution >= 0.6 is 0 Å². The number of carbonyl (C=O) groups is 1. The maximum atomic E-state index is 12.4. The van der Waals surface area contributed by atoms with Gasteiger partial charge in [0.25, 0.3) is 5.91 Å². The number of hydrogen-bond donors (Lipinski definition) is 4. The van der Waals surface area contributed by atoms with Crippen molar-refractivity contribution in [1.82, 2.24) is 9.97 Å². The third-order valence-electron chi connectivity index (χ3n) is 4.10. The van der Waals surface area contributed by atoms with Crippen molar-refractivity contribution in [3.63, 3.8) is 0 Å². The molecular formula is C18H21N4O2+. The predicted molar refractivity (Wildman–Crippen MR) is 93.8 cm³/mol. The number of carbonyl (C=O) groups excluding carboxylic acids is 1. The van der Waals surface area contributed by atoms with Crippen LogP contribution in [-0.4, -0.2) is 21.9 Å². The average Bonchev–Trinajstić information content (AvgIpc) is 2.94. The second kappa shape index (κ2) is 6.72. The first kappa shape index (κ1) is 16.0.